The molecule has 0 radical (unpaired) electrons. The van der Waals surface area contributed by atoms with Crippen LogP contribution in [0.3, 0.4) is 0 Å². The van der Waals surface area contributed by atoms with E-state index in [0.717, 1.165) is 18.4 Å². The van der Waals surface area contributed by atoms with Crippen molar-refractivity contribution in [2.24, 2.45) is 11.8 Å². The van der Waals surface area contributed by atoms with Crippen LogP contribution in [0, 0.1) is 23.2 Å². The molecule has 3 aliphatic rings. The summed E-state index contributed by atoms with van der Waals surface area (Å²) < 4.78 is 0. The van der Waals surface area contributed by atoms with E-state index < -0.39 is 0 Å². The van der Waals surface area contributed by atoms with Crippen LogP contribution in [0.1, 0.15) is 58.3 Å². The summed E-state index contributed by atoms with van der Waals surface area (Å²) in [6, 6.07) is 3.93. The van der Waals surface area contributed by atoms with Crippen LogP contribution in [0.15, 0.2) is 0 Å². The summed E-state index contributed by atoms with van der Waals surface area (Å²) in [5, 5.41) is 9.51. The molecule has 3 rings (SSSR count). The first-order chi connectivity index (χ1) is 10.3. The van der Waals surface area contributed by atoms with Gasteiger partial charge in [0.25, 0.3) is 0 Å². The summed E-state index contributed by atoms with van der Waals surface area (Å²) in [5.74, 6) is 1.14. The molecule has 0 N–H and O–H groups in total. The third-order valence-electron chi connectivity index (χ3n) is 6.24. The second kappa shape index (κ2) is 7.11. The minimum absolute atomic E-state index is 0.285. The van der Waals surface area contributed by atoms with Crippen LogP contribution in [0.2, 0.25) is 0 Å². The SMILES string of the molecule is CCC1CCC(C#N)C(N2CCC(N3CCCCC3)C2)C1. The smallest absolute Gasteiger partial charge is 0.0672 e. The zero-order valence-corrected chi connectivity index (χ0v) is 13.6. The Bertz CT molecular complexity index is 369. The highest BCUT2D eigenvalue weighted by Crippen LogP contribution is 2.36. The lowest BCUT2D eigenvalue weighted by atomic mass is 9.77. The second-order valence-corrected chi connectivity index (χ2v) is 7.42. The monoisotopic (exact) mass is 289 g/mol. The van der Waals surface area contributed by atoms with Gasteiger partial charge in [0.1, 0.15) is 0 Å². The molecule has 0 aromatic heterocycles. The van der Waals surface area contributed by atoms with Gasteiger partial charge >= 0.3 is 0 Å². The normalized spacial score (nSPS) is 39.2. The van der Waals surface area contributed by atoms with Crippen LogP contribution < -0.4 is 0 Å². The van der Waals surface area contributed by atoms with Crippen LogP contribution >= 0.6 is 0 Å². The standard InChI is InChI=1S/C18H31N3/c1-2-15-6-7-16(13-19)18(12-15)21-11-8-17(14-21)20-9-4-3-5-10-20/h15-18H,2-12,14H2,1H3. The van der Waals surface area contributed by atoms with Crippen molar-refractivity contribution in [3.05, 3.63) is 0 Å². The number of hydrogen-bond donors (Lipinski definition) is 0. The molecule has 0 aromatic rings. The highest BCUT2D eigenvalue weighted by molar-refractivity contribution is 5.00. The average Bonchev–Trinajstić information content (AvgIpc) is 3.05. The van der Waals surface area contributed by atoms with E-state index in [1.807, 2.05) is 0 Å². The Labute approximate surface area is 130 Å². The maximum atomic E-state index is 9.51. The summed E-state index contributed by atoms with van der Waals surface area (Å²) >= 11 is 0. The molecule has 0 aromatic carbocycles. The molecule has 21 heavy (non-hydrogen) atoms. The molecule has 1 aliphatic carbocycles. The predicted octanol–water partition coefficient (Wildman–Crippen LogP) is 3.27. The Kier molecular flexibility index (Phi) is 5.19. The van der Waals surface area contributed by atoms with Crippen LogP contribution in [0.25, 0.3) is 0 Å². The van der Waals surface area contributed by atoms with Crippen LogP contribution in [-0.2, 0) is 0 Å². The summed E-state index contributed by atoms with van der Waals surface area (Å²) in [7, 11) is 0. The second-order valence-electron chi connectivity index (χ2n) is 7.42. The molecular formula is C18H31N3. The van der Waals surface area contributed by atoms with E-state index in [1.54, 1.807) is 0 Å². The lowest BCUT2D eigenvalue weighted by Crippen LogP contribution is -2.46. The Morgan fingerprint density at radius 2 is 1.81 bits per heavy atom. The van der Waals surface area contributed by atoms with Gasteiger partial charge in [-0.15, -0.1) is 0 Å². The van der Waals surface area contributed by atoms with E-state index >= 15 is 0 Å². The van der Waals surface area contributed by atoms with Crippen LogP contribution in [0.4, 0.5) is 0 Å². The number of piperidine rings is 1. The number of nitrogens with zero attached hydrogens (tertiary/aromatic N) is 3. The fraction of sp³-hybridized carbons (Fsp3) is 0.944. The van der Waals surface area contributed by atoms with E-state index in [2.05, 4.69) is 22.8 Å². The van der Waals surface area contributed by atoms with Gasteiger partial charge in [0.15, 0.2) is 0 Å². The predicted molar refractivity (Wildman–Crippen MR) is 85.9 cm³/mol. The largest absolute Gasteiger partial charge is 0.299 e. The van der Waals surface area contributed by atoms with Crippen LogP contribution in [-0.4, -0.2) is 48.1 Å². The lowest BCUT2D eigenvalue weighted by Gasteiger charge is -2.39. The maximum absolute atomic E-state index is 9.51. The minimum Gasteiger partial charge on any atom is -0.299 e. The fourth-order valence-electron chi connectivity index (χ4n) is 4.81. The number of likely N-dealkylation sites (tertiary alicyclic amines) is 2. The van der Waals surface area contributed by atoms with Crippen molar-refractivity contribution in [2.45, 2.75) is 70.4 Å². The van der Waals surface area contributed by atoms with Gasteiger partial charge < -0.3 is 0 Å². The number of hydrogen-bond acceptors (Lipinski definition) is 3. The molecule has 2 heterocycles. The van der Waals surface area contributed by atoms with Gasteiger partial charge in [0.2, 0.25) is 0 Å². The minimum atomic E-state index is 0.285. The highest BCUT2D eigenvalue weighted by atomic mass is 15.3. The van der Waals surface area contributed by atoms with E-state index in [4.69, 9.17) is 0 Å². The zero-order chi connectivity index (χ0) is 14.7. The first-order valence-electron chi connectivity index (χ1n) is 9.19. The molecule has 0 amide bonds. The third-order valence-corrected chi connectivity index (χ3v) is 6.24. The summed E-state index contributed by atoms with van der Waals surface area (Å²) in [4.78, 5) is 5.40. The maximum Gasteiger partial charge on any atom is 0.0672 e. The van der Waals surface area contributed by atoms with Crippen LogP contribution in [0.5, 0.6) is 0 Å². The Morgan fingerprint density at radius 1 is 1.00 bits per heavy atom. The number of nitriles is 1. The van der Waals surface area contributed by atoms with Gasteiger partial charge in [-0.1, -0.05) is 19.8 Å². The van der Waals surface area contributed by atoms with Crippen molar-refractivity contribution < 1.29 is 0 Å². The molecule has 1 saturated carbocycles. The third kappa shape index (κ3) is 3.43. The molecular weight excluding hydrogens is 258 g/mol. The summed E-state index contributed by atoms with van der Waals surface area (Å²) in [5.41, 5.74) is 0. The van der Waals surface area contributed by atoms with E-state index in [1.165, 1.54) is 71.1 Å². The number of rotatable bonds is 3. The van der Waals surface area contributed by atoms with Gasteiger partial charge in [-0.05, 0) is 57.5 Å². The highest BCUT2D eigenvalue weighted by Gasteiger charge is 2.38. The van der Waals surface area contributed by atoms with Crippen molar-refractivity contribution in [1.82, 2.24) is 9.80 Å². The van der Waals surface area contributed by atoms with Gasteiger partial charge in [0, 0.05) is 25.2 Å². The van der Waals surface area contributed by atoms with Gasteiger partial charge in [-0.25, -0.2) is 0 Å². The first-order valence-corrected chi connectivity index (χ1v) is 9.19. The van der Waals surface area contributed by atoms with Crippen molar-refractivity contribution in [3.8, 4) is 6.07 Å². The Balaban J connectivity index is 1.59. The quantitative estimate of drug-likeness (QED) is 0.799. The summed E-state index contributed by atoms with van der Waals surface area (Å²) in [6.07, 6.45) is 10.5. The molecule has 4 atom stereocenters. The van der Waals surface area contributed by atoms with Gasteiger partial charge in [0.05, 0.1) is 12.0 Å². The molecule has 3 fully saturated rings. The van der Waals surface area contributed by atoms with E-state index in [0.29, 0.717) is 6.04 Å². The van der Waals surface area contributed by atoms with Crippen molar-refractivity contribution in [2.75, 3.05) is 26.2 Å². The molecule has 4 unspecified atom stereocenters. The topological polar surface area (TPSA) is 30.3 Å². The van der Waals surface area contributed by atoms with E-state index in [9.17, 15) is 5.26 Å². The van der Waals surface area contributed by atoms with Crippen molar-refractivity contribution >= 4 is 0 Å². The first kappa shape index (κ1) is 15.3. The molecule has 118 valence electrons. The summed E-state index contributed by atoms with van der Waals surface area (Å²) in [6.45, 7) is 7.37. The average molecular weight is 289 g/mol. The fourth-order valence-corrected chi connectivity index (χ4v) is 4.81. The molecule has 2 saturated heterocycles. The molecule has 3 nitrogen and oxygen atoms in total. The molecule has 3 heteroatoms. The van der Waals surface area contributed by atoms with Gasteiger partial charge in [-0.2, -0.15) is 5.26 Å². The lowest BCUT2D eigenvalue weighted by molar-refractivity contribution is 0.104. The molecule has 0 spiro atoms. The van der Waals surface area contributed by atoms with Gasteiger partial charge in [-0.3, -0.25) is 9.80 Å². The Hall–Kier alpha value is -0.590. The zero-order valence-electron chi connectivity index (χ0n) is 13.6. The molecule has 2 aliphatic heterocycles. The molecule has 0 bridgehead atoms. The Morgan fingerprint density at radius 3 is 2.52 bits per heavy atom. The van der Waals surface area contributed by atoms with E-state index in [-0.39, 0.29) is 5.92 Å². The van der Waals surface area contributed by atoms with Crippen molar-refractivity contribution in [1.29, 1.82) is 5.26 Å². The van der Waals surface area contributed by atoms with Crippen molar-refractivity contribution in [3.63, 3.8) is 0 Å².